The van der Waals surface area contributed by atoms with Crippen LogP contribution in [0.1, 0.15) is 52.7 Å². The lowest BCUT2D eigenvalue weighted by atomic mass is 10.1. The fourth-order valence-corrected chi connectivity index (χ4v) is 2.33. The zero-order valence-corrected chi connectivity index (χ0v) is 14.4. The fourth-order valence-electron chi connectivity index (χ4n) is 2.33. The third-order valence-corrected chi connectivity index (χ3v) is 3.53. The van der Waals surface area contributed by atoms with E-state index in [9.17, 15) is 4.39 Å². The first-order valence-electron chi connectivity index (χ1n) is 8.04. The van der Waals surface area contributed by atoms with Gasteiger partial charge < -0.3 is 5.32 Å². The minimum Gasteiger partial charge on any atom is -0.310 e. The van der Waals surface area contributed by atoms with E-state index in [1.165, 1.54) is 0 Å². The molecular formula is C18H31FN2. The summed E-state index contributed by atoms with van der Waals surface area (Å²) in [5, 5.41) is 3.38. The predicted molar refractivity (Wildman–Crippen MR) is 88.8 cm³/mol. The largest absolute Gasteiger partial charge is 0.310 e. The van der Waals surface area contributed by atoms with Crippen molar-refractivity contribution >= 4 is 0 Å². The Hall–Kier alpha value is -0.930. The Morgan fingerprint density at radius 2 is 1.76 bits per heavy atom. The second kappa shape index (κ2) is 8.50. The standard InChI is InChI=1S/C18H31FN2/c1-13(2)11-21(15(5)6)12-17-9-16(7-8-18(17)19)10-20-14(3)4/h7-9,13-15,20H,10-12H2,1-6H3. The van der Waals surface area contributed by atoms with Crippen molar-refractivity contribution in [1.29, 1.82) is 0 Å². The Kier molecular flexibility index (Phi) is 7.33. The molecule has 3 heteroatoms. The molecule has 120 valence electrons. The van der Waals surface area contributed by atoms with Gasteiger partial charge in [-0.05, 0) is 31.4 Å². The minimum atomic E-state index is -0.0993. The van der Waals surface area contributed by atoms with Gasteiger partial charge >= 0.3 is 0 Å². The molecule has 1 aromatic carbocycles. The Morgan fingerprint density at radius 1 is 1.10 bits per heavy atom. The van der Waals surface area contributed by atoms with Crippen molar-refractivity contribution in [3.63, 3.8) is 0 Å². The van der Waals surface area contributed by atoms with E-state index in [2.05, 4.69) is 51.8 Å². The first kappa shape index (κ1) is 18.1. The van der Waals surface area contributed by atoms with Crippen LogP contribution in [0.5, 0.6) is 0 Å². The summed E-state index contributed by atoms with van der Waals surface area (Å²) in [4.78, 5) is 2.34. The lowest BCUT2D eigenvalue weighted by Crippen LogP contribution is -2.34. The molecule has 0 amide bonds. The highest BCUT2D eigenvalue weighted by molar-refractivity contribution is 5.25. The summed E-state index contributed by atoms with van der Waals surface area (Å²) in [6, 6.07) is 6.33. The second-order valence-electron chi connectivity index (χ2n) is 6.88. The van der Waals surface area contributed by atoms with Crippen LogP contribution < -0.4 is 5.32 Å². The summed E-state index contributed by atoms with van der Waals surface area (Å²) in [6.45, 7) is 15.4. The Labute approximate surface area is 129 Å². The number of rotatable bonds is 8. The predicted octanol–water partition coefficient (Wildman–Crippen LogP) is 4.19. The van der Waals surface area contributed by atoms with Crippen LogP contribution in [0.4, 0.5) is 4.39 Å². The van der Waals surface area contributed by atoms with Crippen molar-refractivity contribution in [2.45, 2.75) is 66.7 Å². The van der Waals surface area contributed by atoms with Gasteiger partial charge in [0, 0.05) is 37.3 Å². The molecule has 0 aliphatic carbocycles. The van der Waals surface area contributed by atoms with Crippen LogP contribution in [-0.2, 0) is 13.1 Å². The van der Waals surface area contributed by atoms with Gasteiger partial charge in [-0.1, -0.05) is 39.8 Å². The summed E-state index contributed by atoms with van der Waals surface area (Å²) in [5.41, 5.74) is 1.95. The SMILES string of the molecule is CC(C)CN(Cc1cc(CNC(C)C)ccc1F)C(C)C. The molecule has 0 aliphatic heterocycles. The molecule has 0 atom stereocenters. The van der Waals surface area contributed by atoms with Gasteiger partial charge in [0.25, 0.3) is 0 Å². The van der Waals surface area contributed by atoms with Crippen LogP contribution >= 0.6 is 0 Å². The molecule has 0 radical (unpaired) electrons. The monoisotopic (exact) mass is 294 g/mol. The van der Waals surface area contributed by atoms with Gasteiger partial charge in [0.1, 0.15) is 5.82 Å². The third-order valence-electron chi connectivity index (χ3n) is 3.53. The highest BCUT2D eigenvalue weighted by Crippen LogP contribution is 2.16. The van der Waals surface area contributed by atoms with Crippen molar-refractivity contribution in [3.05, 3.63) is 35.1 Å². The molecule has 0 aliphatic rings. The van der Waals surface area contributed by atoms with Crippen LogP contribution in [0, 0.1) is 11.7 Å². The van der Waals surface area contributed by atoms with Crippen molar-refractivity contribution in [2.75, 3.05) is 6.54 Å². The van der Waals surface area contributed by atoms with Gasteiger partial charge in [-0.3, -0.25) is 4.90 Å². The molecule has 0 heterocycles. The van der Waals surface area contributed by atoms with Crippen molar-refractivity contribution in [1.82, 2.24) is 10.2 Å². The zero-order valence-electron chi connectivity index (χ0n) is 14.4. The topological polar surface area (TPSA) is 15.3 Å². The van der Waals surface area contributed by atoms with E-state index in [1.54, 1.807) is 6.07 Å². The number of hydrogen-bond acceptors (Lipinski definition) is 2. The molecule has 21 heavy (non-hydrogen) atoms. The Morgan fingerprint density at radius 3 is 2.29 bits per heavy atom. The molecule has 0 saturated carbocycles. The maximum Gasteiger partial charge on any atom is 0.127 e. The van der Waals surface area contributed by atoms with Crippen LogP contribution in [-0.4, -0.2) is 23.5 Å². The molecule has 2 nitrogen and oxygen atoms in total. The van der Waals surface area contributed by atoms with Crippen LogP contribution in [0.2, 0.25) is 0 Å². The minimum absolute atomic E-state index is 0.0993. The maximum atomic E-state index is 14.1. The molecule has 0 bridgehead atoms. The molecule has 0 unspecified atom stereocenters. The lowest BCUT2D eigenvalue weighted by molar-refractivity contribution is 0.187. The smallest absolute Gasteiger partial charge is 0.127 e. The van der Waals surface area contributed by atoms with Gasteiger partial charge in [-0.15, -0.1) is 0 Å². The highest BCUT2D eigenvalue weighted by atomic mass is 19.1. The van der Waals surface area contributed by atoms with Gasteiger partial charge in [0.2, 0.25) is 0 Å². The summed E-state index contributed by atoms with van der Waals surface area (Å²) in [7, 11) is 0. The molecule has 0 spiro atoms. The van der Waals surface area contributed by atoms with Crippen LogP contribution in [0.15, 0.2) is 18.2 Å². The molecule has 1 rings (SSSR count). The molecule has 1 aromatic rings. The Bertz CT molecular complexity index is 427. The van der Waals surface area contributed by atoms with E-state index in [0.29, 0.717) is 24.5 Å². The van der Waals surface area contributed by atoms with E-state index in [0.717, 1.165) is 24.2 Å². The zero-order chi connectivity index (χ0) is 16.0. The maximum absolute atomic E-state index is 14.1. The molecule has 0 saturated heterocycles. The fraction of sp³-hybridized carbons (Fsp3) is 0.667. The van der Waals surface area contributed by atoms with Crippen molar-refractivity contribution in [3.8, 4) is 0 Å². The van der Waals surface area contributed by atoms with Gasteiger partial charge in [-0.25, -0.2) is 4.39 Å². The number of nitrogens with one attached hydrogen (secondary N) is 1. The second-order valence-corrected chi connectivity index (χ2v) is 6.88. The van der Waals surface area contributed by atoms with Crippen molar-refractivity contribution in [2.24, 2.45) is 5.92 Å². The summed E-state index contributed by atoms with van der Waals surface area (Å²) in [5.74, 6) is 0.485. The molecular weight excluding hydrogens is 263 g/mol. The number of nitrogens with zero attached hydrogens (tertiary/aromatic N) is 1. The molecule has 1 N–H and O–H groups in total. The van der Waals surface area contributed by atoms with Gasteiger partial charge in [-0.2, -0.15) is 0 Å². The van der Waals surface area contributed by atoms with E-state index < -0.39 is 0 Å². The summed E-state index contributed by atoms with van der Waals surface area (Å²) < 4.78 is 14.1. The Balaban J connectivity index is 2.82. The van der Waals surface area contributed by atoms with Gasteiger partial charge in [0.15, 0.2) is 0 Å². The average Bonchev–Trinajstić information content (AvgIpc) is 2.38. The molecule has 0 fully saturated rings. The molecule has 0 aromatic heterocycles. The van der Waals surface area contributed by atoms with E-state index in [4.69, 9.17) is 0 Å². The number of halogens is 1. The van der Waals surface area contributed by atoms with E-state index in [1.807, 2.05) is 12.1 Å². The first-order valence-corrected chi connectivity index (χ1v) is 8.04. The van der Waals surface area contributed by atoms with Crippen molar-refractivity contribution < 1.29 is 4.39 Å². The summed E-state index contributed by atoms with van der Waals surface area (Å²) >= 11 is 0. The first-order chi connectivity index (χ1) is 9.79. The highest BCUT2D eigenvalue weighted by Gasteiger charge is 2.14. The summed E-state index contributed by atoms with van der Waals surface area (Å²) in [6.07, 6.45) is 0. The normalized spacial score (nSPS) is 12.1. The van der Waals surface area contributed by atoms with Gasteiger partial charge in [0.05, 0.1) is 0 Å². The van der Waals surface area contributed by atoms with Crippen LogP contribution in [0.25, 0.3) is 0 Å². The lowest BCUT2D eigenvalue weighted by Gasteiger charge is -2.28. The quantitative estimate of drug-likeness (QED) is 0.773. The van der Waals surface area contributed by atoms with E-state index in [-0.39, 0.29) is 5.82 Å². The van der Waals surface area contributed by atoms with E-state index >= 15 is 0 Å². The third kappa shape index (κ3) is 6.58. The number of benzene rings is 1. The average molecular weight is 294 g/mol. The van der Waals surface area contributed by atoms with Crippen LogP contribution in [0.3, 0.4) is 0 Å². The number of hydrogen-bond donors (Lipinski definition) is 1.